The summed E-state index contributed by atoms with van der Waals surface area (Å²) in [6, 6.07) is 12.6. The highest BCUT2D eigenvalue weighted by atomic mass is 19.4. The normalized spacial score (nSPS) is 18.0. The lowest BCUT2D eigenvalue weighted by Crippen LogP contribution is -2.44. The molecular formula is C20H19F3N4O2. The minimum absolute atomic E-state index is 0. The van der Waals surface area contributed by atoms with Gasteiger partial charge in [-0.1, -0.05) is 24.3 Å². The minimum atomic E-state index is -4.46. The van der Waals surface area contributed by atoms with Crippen LogP contribution in [0.2, 0.25) is 0 Å². The van der Waals surface area contributed by atoms with Crippen molar-refractivity contribution in [3.8, 4) is 0 Å². The Bertz CT molecular complexity index is 1010. The second-order valence-electron chi connectivity index (χ2n) is 6.92. The van der Waals surface area contributed by atoms with Crippen LogP contribution < -0.4 is 15.6 Å². The fourth-order valence-electron chi connectivity index (χ4n) is 3.64. The van der Waals surface area contributed by atoms with Gasteiger partial charge in [-0.3, -0.25) is 5.01 Å². The first kappa shape index (κ1) is 19.2. The lowest BCUT2D eigenvalue weighted by atomic mass is 10.0. The largest absolute Gasteiger partial charge is 0.492 e. The average Bonchev–Trinajstić information content (AvgIpc) is 2.97. The van der Waals surface area contributed by atoms with Crippen LogP contribution in [0.15, 0.2) is 66.2 Å². The van der Waals surface area contributed by atoms with Gasteiger partial charge in [0.2, 0.25) is 5.88 Å². The molecule has 29 heavy (non-hydrogen) atoms. The van der Waals surface area contributed by atoms with E-state index in [9.17, 15) is 18.3 Å². The van der Waals surface area contributed by atoms with Crippen molar-refractivity contribution in [3.63, 3.8) is 0 Å². The number of benzene rings is 2. The number of anilines is 2. The molecule has 152 valence electrons. The first-order valence-corrected chi connectivity index (χ1v) is 8.96. The first-order valence-electron chi connectivity index (χ1n) is 8.96. The highest BCUT2D eigenvalue weighted by Crippen LogP contribution is 2.42. The molecule has 0 amide bonds. The van der Waals surface area contributed by atoms with Crippen LogP contribution in [0.3, 0.4) is 0 Å². The standard InChI is InChI=1S/C20H17F3N4O.H2O/c21-20(22,23)13-5-3-6-14(11-13)26-19(28)18-12-17(25-9-4-10-25)15-7-1-2-8-16(15)27(18)24-26;/h1-3,5-8,11-12,24,28H,4,9-10H2;1H2. The van der Waals surface area contributed by atoms with Gasteiger partial charge in [0.1, 0.15) is 5.70 Å². The van der Waals surface area contributed by atoms with Gasteiger partial charge >= 0.3 is 6.18 Å². The highest BCUT2D eigenvalue weighted by Gasteiger charge is 2.37. The predicted molar refractivity (Wildman–Crippen MR) is 103 cm³/mol. The smallest absolute Gasteiger partial charge is 0.416 e. The van der Waals surface area contributed by atoms with Crippen molar-refractivity contribution in [1.29, 1.82) is 0 Å². The van der Waals surface area contributed by atoms with E-state index in [1.54, 1.807) is 5.01 Å². The van der Waals surface area contributed by atoms with Crippen LogP contribution in [0.1, 0.15) is 17.5 Å². The van der Waals surface area contributed by atoms with E-state index in [1.807, 2.05) is 30.3 Å². The second-order valence-corrected chi connectivity index (χ2v) is 6.92. The summed E-state index contributed by atoms with van der Waals surface area (Å²) in [6.07, 6.45) is -1.47. The van der Waals surface area contributed by atoms with E-state index in [0.29, 0.717) is 5.70 Å². The van der Waals surface area contributed by atoms with Gasteiger partial charge in [-0.2, -0.15) is 13.2 Å². The van der Waals surface area contributed by atoms with Gasteiger partial charge < -0.3 is 15.5 Å². The van der Waals surface area contributed by atoms with Crippen LogP contribution in [0.5, 0.6) is 0 Å². The number of fused-ring (bicyclic) bond motifs is 3. The summed E-state index contributed by atoms with van der Waals surface area (Å²) < 4.78 is 39.3. The number of likely N-dealkylation sites (tertiary alicyclic amines) is 1. The maximum atomic E-state index is 13.1. The van der Waals surface area contributed by atoms with Gasteiger partial charge in [0.05, 0.1) is 16.9 Å². The van der Waals surface area contributed by atoms with E-state index in [2.05, 4.69) is 10.4 Å². The van der Waals surface area contributed by atoms with Crippen molar-refractivity contribution in [2.24, 2.45) is 0 Å². The molecule has 4 N–H and O–H groups in total. The Labute approximate surface area is 165 Å². The Hall–Kier alpha value is -3.17. The highest BCUT2D eigenvalue weighted by molar-refractivity contribution is 5.85. The van der Waals surface area contributed by atoms with Crippen LogP contribution in [0.25, 0.3) is 5.70 Å². The molecule has 0 spiro atoms. The summed E-state index contributed by atoms with van der Waals surface area (Å²) in [6.45, 7) is 1.89. The molecule has 0 aliphatic carbocycles. The zero-order valence-corrected chi connectivity index (χ0v) is 15.2. The summed E-state index contributed by atoms with van der Waals surface area (Å²) in [5.41, 5.74) is 5.78. The number of nitrogens with zero attached hydrogens (tertiary/aromatic N) is 3. The second kappa shape index (κ2) is 6.71. The van der Waals surface area contributed by atoms with Crippen LogP contribution in [-0.2, 0) is 6.18 Å². The van der Waals surface area contributed by atoms with Crippen molar-refractivity contribution in [2.45, 2.75) is 12.6 Å². The molecule has 3 aliphatic rings. The van der Waals surface area contributed by atoms with Gasteiger partial charge in [-0.05, 0) is 36.8 Å². The average molecular weight is 404 g/mol. The van der Waals surface area contributed by atoms with Crippen LogP contribution >= 0.6 is 0 Å². The summed E-state index contributed by atoms with van der Waals surface area (Å²) in [7, 11) is 0. The monoisotopic (exact) mass is 404 g/mol. The number of allylic oxidation sites excluding steroid dienone is 1. The lowest BCUT2D eigenvalue weighted by molar-refractivity contribution is -0.137. The zero-order valence-electron chi connectivity index (χ0n) is 15.2. The molecule has 0 unspecified atom stereocenters. The Morgan fingerprint density at radius 3 is 2.41 bits per heavy atom. The number of aliphatic hydroxyl groups is 1. The number of nitrogens with one attached hydrogen (secondary N) is 1. The Morgan fingerprint density at radius 1 is 0.966 bits per heavy atom. The molecule has 1 fully saturated rings. The van der Waals surface area contributed by atoms with E-state index < -0.39 is 11.7 Å². The van der Waals surface area contributed by atoms with E-state index >= 15 is 0 Å². The Balaban J connectivity index is 0.00000205. The third-order valence-electron chi connectivity index (χ3n) is 5.20. The van der Waals surface area contributed by atoms with Crippen molar-refractivity contribution >= 4 is 17.1 Å². The van der Waals surface area contributed by atoms with Gasteiger partial charge in [0.25, 0.3) is 0 Å². The minimum Gasteiger partial charge on any atom is -0.492 e. The van der Waals surface area contributed by atoms with Gasteiger partial charge in [-0.15, -0.1) is 5.53 Å². The molecule has 6 nitrogen and oxygen atoms in total. The molecule has 0 aromatic heterocycles. The maximum Gasteiger partial charge on any atom is 0.416 e. The van der Waals surface area contributed by atoms with Crippen molar-refractivity contribution < 1.29 is 23.8 Å². The van der Waals surface area contributed by atoms with E-state index in [0.717, 1.165) is 48.6 Å². The SMILES string of the molecule is O.OC1=C2C=C(N3CCC3)c3ccccc3N2NN1c1cccc(C(F)(F)F)c1. The molecule has 0 bridgehead atoms. The maximum absolute atomic E-state index is 13.1. The third kappa shape index (κ3) is 2.99. The zero-order chi connectivity index (χ0) is 19.5. The summed E-state index contributed by atoms with van der Waals surface area (Å²) >= 11 is 0. The Kier molecular flexibility index (Phi) is 4.44. The number of hydrazine groups is 2. The number of hydrogen-bond acceptors (Lipinski definition) is 5. The molecule has 0 saturated carbocycles. The van der Waals surface area contributed by atoms with Crippen molar-refractivity contribution in [1.82, 2.24) is 10.4 Å². The van der Waals surface area contributed by atoms with E-state index in [1.165, 1.54) is 17.1 Å². The number of halogens is 3. The molecule has 1 saturated heterocycles. The topological polar surface area (TPSA) is 73.5 Å². The predicted octanol–water partition coefficient (Wildman–Crippen LogP) is 3.41. The van der Waals surface area contributed by atoms with Crippen LogP contribution in [0.4, 0.5) is 24.5 Å². The first-order chi connectivity index (χ1) is 13.4. The molecule has 9 heteroatoms. The third-order valence-corrected chi connectivity index (χ3v) is 5.20. The fourth-order valence-corrected chi connectivity index (χ4v) is 3.64. The molecule has 3 aliphatic heterocycles. The summed E-state index contributed by atoms with van der Waals surface area (Å²) in [4.78, 5) is 2.23. The molecule has 2 aromatic rings. The van der Waals surface area contributed by atoms with Crippen LogP contribution in [-0.4, -0.2) is 28.6 Å². The van der Waals surface area contributed by atoms with Gasteiger partial charge in [-0.25, -0.2) is 5.01 Å². The van der Waals surface area contributed by atoms with Gasteiger partial charge in [0, 0.05) is 24.4 Å². The number of alkyl halides is 3. The molecule has 0 atom stereocenters. The Morgan fingerprint density at radius 2 is 1.72 bits per heavy atom. The number of hydrogen-bond donors (Lipinski definition) is 2. The summed E-state index contributed by atoms with van der Waals surface area (Å²) in [5, 5.41) is 13.8. The number of para-hydroxylation sites is 1. The molecule has 2 aromatic carbocycles. The molecule has 5 rings (SSSR count). The van der Waals surface area contributed by atoms with Crippen molar-refractivity contribution in [3.05, 3.63) is 77.3 Å². The quantitative estimate of drug-likeness (QED) is 0.803. The van der Waals surface area contributed by atoms with Crippen LogP contribution in [0, 0.1) is 0 Å². The molecule has 0 radical (unpaired) electrons. The van der Waals surface area contributed by atoms with E-state index in [4.69, 9.17) is 0 Å². The number of rotatable bonds is 2. The van der Waals surface area contributed by atoms with Crippen molar-refractivity contribution in [2.75, 3.05) is 23.1 Å². The molecule has 3 heterocycles. The lowest BCUT2D eigenvalue weighted by Gasteiger charge is -2.39. The fraction of sp³-hybridized carbons (Fsp3) is 0.200. The van der Waals surface area contributed by atoms with E-state index in [-0.39, 0.29) is 17.0 Å². The summed E-state index contributed by atoms with van der Waals surface area (Å²) in [5.74, 6) is -0.146. The van der Waals surface area contributed by atoms with Gasteiger partial charge in [0.15, 0.2) is 0 Å². The molecular weight excluding hydrogens is 385 g/mol. The number of aliphatic hydroxyl groups excluding tert-OH is 1.